The second-order valence-electron chi connectivity index (χ2n) is 4.59. The molecule has 0 rings (SSSR count). The number of unbranched alkanes of at least 4 members (excludes halogenated alkanes) is 1. The summed E-state index contributed by atoms with van der Waals surface area (Å²) >= 11 is 0. The maximum atomic E-state index is 11.7. The Balaban J connectivity index is 4.25. The van der Waals surface area contributed by atoms with Crippen LogP contribution in [0.2, 0.25) is 0 Å². The second-order valence-corrected chi connectivity index (χ2v) is 4.59. The van der Waals surface area contributed by atoms with Crippen LogP contribution < -0.4 is 10.6 Å². The van der Waals surface area contributed by atoms with Crippen molar-refractivity contribution in [3.63, 3.8) is 0 Å². The van der Waals surface area contributed by atoms with E-state index in [0.29, 0.717) is 0 Å². The van der Waals surface area contributed by atoms with Crippen molar-refractivity contribution in [3.05, 3.63) is 0 Å². The number of carbonyl (C=O) groups is 2. The molecule has 0 aromatic carbocycles. The van der Waals surface area contributed by atoms with E-state index < -0.39 is 18.0 Å². The summed E-state index contributed by atoms with van der Waals surface area (Å²) in [6.45, 7) is 4.11. The van der Waals surface area contributed by atoms with Crippen molar-refractivity contribution in [3.8, 4) is 0 Å². The number of carbonyl (C=O) groups excluding carboxylic acids is 1. The lowest BCUT2D eigenvalue weighted by molar-refractivity contribution is -0.140. The Hall–Kier alpha value is -1.30. The molecule has 112 valence electrons. The average molecular weight is 274 g/mol. The topological polar surface area (TPSA) is 87.7 Å². The molecule has 19 heavy (non-hydrogen) atoms. The van der Waals surface area contributed by atoms with Gasteiger partial charge in [0, 0.05) is 13.2 Å². The molecule has 0 radical (unpaired) electrons. The Morgan fingerprint density at radius 2 is 1.84 bits per heavy atom. The average Bonchev–Trinajstić information content (AvgIpc) is 2.35. The van der Waals surface area contributed by atoms with Gasteiger partial charge in [0.05, 0.1) is 6.61 Å². The summed E-state index contributed by atoms with van der Waals surface area (Å²) in [4.78, 5) is 22.6. The van der Waals surface area contributed by atoms with E-state index in [1.165, 1.54) is 7.11 Å². The second kappa shape index (κ2) is 10.6. The molecule has 0 saturated heterocycles. The Morgan fingerprint density at radius 1 is 1.16 bits per heavy atom. The molecule has 0 bridgehead atoms. The van der Waals surface area contributed by atoms with E-state index >= 15 is 0 Å². The van der Waals surface area contributed by atoms with Gasteiger partial charge in [-0.1, -0.05) is 33.1 Å². The number of hydrogen-bond donors (Lipinski definition) is 3. The van der Waals surface area contributed by atoms with Gasteiger partial charge in [-0.05, 0) is 12.8 Å². The highest BCUT2D eigenvalue weighted by Gasteiger charge is 2.20. The van der Waals surface area contributed by atoms with Crippen molar-refractivity contribution < 1.29 is 19.4 Å². The number of carboxylic acids is 1. The minimum atomic E-state index is -1.10. The van der Waals surface area contributed by atoms with E-state index in [4.69, 9.17) is 9.84 Å². The highest BCUT2D eigenvalue weighted by molar-refractivity contribution is 5.82. The summed E-state index contributed by atoms with van der Waals surface area (Å²) in [6, 6.07) is -1.36. The summed E-state index contributed by atoms with van der Waals surface area (Å²) in [6.07, 6.45) is 4.92. The smallest absolute Gasteiger partial charge is 0.328 e. The highest BCUT2D eigenvalue weighted by Crippen LogP contribution is 2.06. The van der Waals surface area contributed by atoms with Crippen LogP contribution in [-0.2, 0) is 9.53 Å². The molecule has 0 aliphatic carbocycles. The molecule has 6 nitrogen and oxygen atoms in total. The Kier molecular flexibility index (Phi) is 9.88. The normalized spacial score (nSPS) is 13.6. The highest BCUT2D eigenvalue weighted by atomic mass is 16.5. The summed E-state index contributed by atoms with van der Waals surface area (Å²) in [5.41, 5.74) is 0. The number of methoxy groups -OCH3 is 1. The van der Waals surface area contributed by atoms with Crippen molar-refractivity contribution in [2.45, 2.75) is 58.0 Å². The van der Waals surface area contributed by atoms with Crippen molar-refractivity contribution in [2.75, 3.05) is 13.7 Å². The zero-order chi connectivity index (χ0) is 14.7. The Morgan fingerprint density at radius 3 is 2.32 bits per heavy atom. The first-order chi connectivity index (χ1) is 9.04. The first-order valence-electron chi connectivity index (χ1n) is 6.83. The molecular weight excluding hydrogens is 248 g/mol. The third-order valence-corrected chi connectivity index (χ3v) is 2.82. The standard InChI is InChI=1S/C13H26N2O4/c1-4-6-8-10(7-5-2)14-13(18)15-11(9-19-3)12(16)17/h10-11H,4-9H2,1-3H3,(H,16,17)(H2,14,15,18). The van der Waals surface area contributed by atoms with Crippen molar-refractivity contribution in [2.24, 2.45) is 0 Å². The van der Waals surface area contributed by atoms with Gasteiger partial charge in [0.2, 0.25) is 0 Å². The van der Waals surface area contributed by atoms with Crippen LogP contribution in [0.4, 0.5) is 4.79 Å². The lowest BCUT2D eigenvalue weighted by Gasteiger charge is -2.20. The molecule has 2 unspecified atom stereocenters. The summed E-state index contributed by atoms with van der Waals surface area (Å²) in [7, 11) is 1.40. The van der Waals surface area contributed by atoms with Crippen LogP contribution in [0.15, 0.2) is 0 Å². The third kappa shape index (κ3) is 8.42. The van der Waals surface area contributed by atoms with E-state index in [0.717, 1.165) is 32.1 Å². The predicted octanol–water partition coefficient (Wildman–Crippen LogP) is 1.74. The maximum absolute atomic E-state index is 11.7. The Bertz CT molecular complexity index is 271. The molecule has 3 N–H and O–H groups in total. The lowest BCUT2D eigenvalue weighted by atomic mass is 10.1. The molecule has 0 spiro atoms. The number of carboxylic acid groups (broad SMARTS) is 1. The maximum Gasteiger partial charge on any atom is 0.328 e. The van der Waals surface area contributed by atoms with Crippen LogP contribution in [0.5, 0.6) is 0 Å². The first kappa shape index (κ1) is 17.7. The monoisotopic (exact) mass is 274 g/mol. The minimum absolute atomic E-state index is 0.0455. The molecule has 0 aromatic rings. The van der Waals surface area contributed by atoms with Crippen LogP contribution in [-0.4, -0.2) is 42.9 Å². The first-order valence-corrected chi connectivity index (χ1v) is 6.83. The van der Waals surface area contributed by atoms with Gasteiger partial charge in [0.1, 0.15) is 0 Å². The number of aliphatic carboxylic acids is 1. The number of rotatable bonds is 10. The fourth-order valence-electron chi connectivity index (χ4n) is 1.81. The lowest BCUT2D eigenvalue weighted by Crippen LogP contribution is -2.50. The van der Waals surface area contributed by atoms with Gasteiger partial charge < -0.3 is 20.5 Å². The van der Waals surface area contributed by atoms with Crippen LogP contribution in [0, 0.1) is 0 Å². The van der Waals surface area contributed by atoms with E-state index in [-0.39, 0.29) is 12.6 Å². The number of ether oxygens (including phenoxy) is 1. The molecule has 2 atom stereocenters. The number of urea groups is 1. The molecule has 0 fully saturated rings. The molecule has 0 aliphatic heterocycles. The van der Waals surface area contributed by atoms with Crippen LogP contribution >= 0.6 is 0 Å². The van der Waals surface area contributed by atoms with Crippen molar-refractivity contribution >= 4 is 12.0 Å². The van der Waals surface area contributed by atoms with Gasteiger partial charge in [-0.2, -0.15) is 0 Å². The van der Waals surface area contributed by atoms with Gasteiger partial charge in [-0.25, -0.2) is 9.59 Å². The molecule has 0 saturated carbocycles. The van der Waals surface area contributed by atoms with E-state index in [9.17, 15) is 9.59 Å². The van der Waals surface area contributed by atoms with Gasteiger partial charge in [0.15, 0.2) is 6.04 Å². The van der Waals surface area contributed by atoms with Crippen molar-refractivity contribution in [1.82, 2.24) is 10.6 Å². The quantitative estimate of drug-likeness (QED) is 0.566. The number of hydrogen-bond acceptors (Lipinski definition) is 3. The van der Waals surface area contributed by atoms with Crippen LogP contribution in [0.3, 0.4) is 0 Å². The predicted molar refractivity (Wildman–Crippen MR) is 73.2 cm³/mol. The summed E-state index contributed by atoms with van der Waals surface area (Å²) in [5, 5.41) is 14.1. The number of amides is 2. The fourth-order valence-corrected chi connectivity index (χ4v) is 1.81. The van der Waals surface area contributed by atoms with Gasteiger partial charge in [-0.15, -0.1) is 0 Å². The minimum Gasteiger partial charge on any atom is -0.480 e. The van der Waals surface area contributed by atoms with E-state index in [1.807, 2.05) is 0 Å². The van der Waals surface area contributed by atoms with Gasteiger partial charge >= 0.3 is 12.0 Å². The molecule has 6 heteroatoms. The third-order valence-electron chi connectivity index (χ3n) is 2.82. The SMILES string of the molecule is CCCCC(CCC)NC(=O)NC(COC)C(=O)O. The van der Waals surface area contributed by atoms with Gasteiger partial charge in [-0.3, -0.25) is 0 Å². The van der Waals surface area contributed by atoms with Crippen LogP contribution in [0.25, 0.3) is 0 Å². The molecule has 0 heterocycles. The fraction of sp³-hybridized carbons (Fsp3) is 0.846. The Labute approximate surface area is 114 Å². The summed E-state index contributed by atoms with van der Waals surface area (Å²) in [5.74, 6) is -1.10. The molecule has 0 aliphatic rings. The largest absolute Gasteiger partial charge is 0.480 e. The zero-order valence-corrected chi connectivity index (χ0v) is 12.1. The summed E-state index contributed by atoms with van der Waals surface area (Å²) < 4.78 is 4.76. The van der Waals surface area contributed by atoms with Crippen LogP contribution in [0.1, 0.15) is 46.0 Å². The van der Waals surface area contributed by atoms with Gasteiger partial charge in [0.25, 0.3) is 0 Å². The van der Waals surface area contributed by atoms with E-state index in [1.54, 1.807) is 0 Å². The van der Waals surface area contributed by atoms with Crippen molar-refractivity contribution in [1.29, 1.82) is 0 Å². The molecular formula is C13H26N2O4. The number of nitrogens with one attached hydrogen (secondary N) is 2. The van der Waals surface area contributed by atoms with E-state index in [2.05, 4.69) is 24.5 Å². The molecule has 2 amide bonds. The molecule has 0 aromatic heterocycles. The zero-order valence-electron chi connectivity index (χ0n) is 12.1.